The van der Waals surface area contributed by atoms with Crippen molar-refractivity contribution in [2.24, 2.45) is 0 Å². The average molecular weight is 363 g/mol. The summed E-state index contributed by atoms with van der Waals surface area (Å²) in [6.45, 7) is 8.58. The second-order valence-corrected chi connectivity index (χ2v) is 7.21. The maximum Gasteiger partial charge on any atom is 0.280 e. The van der Waals surface area contributed by atoms with E-state index in [9.17, 15) is 9.59 Å². The van der Waals surface area contributed by atoms with Crippen molar-refractivity contribution in [2.75, 3.05) is 18.8 Å². The number of aromatic nitrogens is 4. The lowest BCUT2D eigenvalue weighted by Crippen LogP contribution is -2.37. The summed E-state index contributed by atoms with van der Waals surface area (Å²) in [7, 11) is 0. The van der Waals surface area contributed by atoms with Gasteiger partial charge >= 0.3 is 0 Å². The molecule has 25 heavy (non-hydrogen) atoms. The Morgan fingerprint density at radius 2 is 1.88 bits per heavy atom. The van der Waals surface area contributed by atoms with Gasteiger partial charge in [0.25, 0.3) is 5.56 Å². The largest absolute Gasteiger partial charge is 0.342 e. The normalized spacial score (nSPS) is 15.1. The fourth-order valence-electron chi connectivity index (χ4n) is 3.27. The Bertz CT molecular complexity index is 836. The minimum Gasteiger partial charge on any atom is -0.342 e. The molecule has 0 unspecified atom stereocenters. The van der Waals surface area contributed by atoms with Crippen LogP contribution in [-0.4, -0.2) is 49.0 Å². The van der Waals surface area contributed by atoms with Gasteiger partial charge < -0.3 is 4.90 Å². The summed E-state index contributed by atoms with van der Waals surface area (Å²) in [5.41, 5.74) is 1.86. The molecule has 1 fully saturated rings. The van der Waals surface area contributed by atoms with Crippen LogP contribution < -0.4 is 5.56 Å². The predicted octanol–water partition coefficient (Wildman–Crippen LogP) is 2.05. The zero-order valence-electron chi connectivity index (χ0n) is 15.1. The summed E-state index contributed by atoms with van der Waals surface area (Å²) in [4.78, 5) is 31.9. The van der Waals surface area contributed by atoms with Crippen LogP contribution in [0.25, 0.3) is 11.0 Å². The number of fused-ring (bicyclic) bond motifs is 1. The maximum atomic E-state index is 12.9. The molecule has 0 atom stereocenters. The van der Waals surface area contributed by atoms with Gasteiger partial charge in [-0.15, -0.1) is 0 Å². The number of nitrogens with zero attached hydrogens (tertiary/aromatic N) is 5. The summed E-state index contributed by atoms with van der Waals surface area (Å²) in [5, 5.41) is 5.01. The van der Waals surface area contributed by atoms with E-state index >= 15 is 0 Å². The minimum atomic E-state index is -0.0807. The molecule has 0 N–H and O–H groups in total. The van der Waals surface area contributed by atoms with Crippen LogP contribution in [0, 0.1) is 6.92 Å². The zero-order chi connectivity index (χ0) is 18.0. The number of hydrogen-bond acceptors (Lipinski definition) is 5. The predicted molar refractivity (Wildman–Crippen MR) is 99.0 cm³/mol. The van der Waals surface area contributed by atoms with Crippen molar-refractivity contribution in [1.29, 1.82) is 0 Å². The molecule has 3 rings (SSSR count). The van der Waals surface area contributed by atoms with E-state index in [4.69, 9.17) is 0 Å². The molecule has 1 saturated heterocycles. The van der Waals surface area contributed by atoms with E-state index in [1.54, 1.807) is 9.25 Å². The highest BCUT2D eigenvalue weighted by atomic mass is 32.2. The van der Waals surface area contributed by atoms with Crippen LogP contribution in [0.5, 0.6) is 0 Å². The first-order chi connectivity index (χ1) is 12.1. The quantitative estimate of drug-likeness (QED) is 0.600. The minimum absolute atomic E-state index is 0.0807. The molecule has 8 heteroatoms. The molecule has 1 aliphatic heterocycles. The fourth-order valence-corrected chi connectivity index (χ4v) is 4.23. The van der Waals surface area contributed by atoms with Crippen LogP contribution in [0.3, 0.4) is 0 Å². The van der Waals surface area contributed by atoms with E-state index in [-0.39, 0.29) is 11.5 Å². The molecule has 2 aromatic heterocycles. The van der Waals surface area contributed by atoms with Crippen molar-refractivity contribution in [3.8, 4) is 0 Å². The SMILES string of the molecule is CCn1c(SCC(=O)N2CCCCC2)nc2c(C)nn(CC)c2c1=O. The standard InChI is InChI=1S/C17H25N5O2S/c1-4-21-16(24)15-14(12(3)19-22(15)5-2)18-17(21)25-11-13(23)20-9-7-6-8-10-20/h4-11H2,1-3H3. The maximum absolute atomic E-state index is 12.9. The highest BCUT2D eigenvalue weighted by molar-refractivity contribution is 7.99. The smallest absolute Gasteiger partial charge is 0.280 e. The van der Waals surface area contributed by atoms with Gasteiger partial charge in [0, 0.05) is 26.2 Å². The molecule has 0 spiro atoms. The molecule has 7 nitrogen and oxygen atoms in total. The first-order valence-electron chi connectivity index (χ1n) is 8.95. The number of likely N-dealkylation sites (tertiary alicyclic amines) is 1. The van der Waals surface area contributed by atoms with Crippen molar-refractivity contribution in [3.63, 3.8) is 0 Å². The monoisotopic (exact) mass is 363 g/mol. The van der Waals surface area contributed by atoms with Gasteiger partial charge in [0.15, 0.2) is 10.7 Å². The first kappa shape index (κ1) is 18.0. The van der Waals surface area contributed by atoms with Crippen molar-refractivity contribution in [3.05, 3.63) is 16.0 Å². The van der Waals surface area contributed by atoms with Crippen LogP contribution in [0.2, 0.25) is 0 Å². The molecule has 3 heterocycles. The Hall–Kier alpha value is -1.83. The molecule has 1 aliphatic rings. The molecule has 1 amide bonds. The van der Waals surface area contributed by atoms with Gasteiger partial charge in [0.05, 0.1) is 11.4 Å². The lowest BCUT2D eigenvalue weighted by Gasteiger charge is -2.26. The number of carbonyl (C=O) groups excluding carboxylic acids is 1. The van der Waals surface area contributed by atoms with Crippen LogP contribution in [0.15, 0.2) is 9.95 Å². The number of piperidine rings is 1. The van der Waals surface area contributed by atoms with Crippen LogP contribution in [0.4, 0.5) is 0 Å². The first-order valence-corrected chi connectivity index (χ1v) is 9.93. The highest BCUT2D eigenvalue weighted by Crippen LogP contribution is 2.21. The Morgan fingerprint density at radius 3 is 2.52 bits per heavy atom. The number of thioether (sulfide) groups is 1. The molecular formula is C17H25N5O2S. The molecule has 0 radical (unpaired) electrons. The van der Waals surface area contributed by atoms with E-state index in [0.29, 0.717) is 35.0 Å². The molecule has 136 valence electrons. The number of rotatable bonds is 5. The second kappa shape index (κ2) is 7.59. The van der Waals surface area contributed by atoms with Crippen LogP contribution in [-0.2, 0) is 17.9 Å². The molecule has 0 bridgehead atoms. The summed E-state index contributed by atoms with van der Waals surface area (Å²) < 4.78 is 3.35. The Labute approximate surface area is 151 Å². The number of aryl methyl sites for hydroxylation is 2. The Morgan fingerprint density at radius 1 is 1.16 bits per heavy atom. The summed E-state index contributed by atoms with van der Waals surface area (Å²) in [5.74, 6) is 0.446. The Kier molecular flexibility index (Phi) is 5.46. The third kappa shape index (κ3) is 3.44. The van der Waals surface area contributed by atoms with Crippen molar-refractivity contribution in [2.45, 2.75) is 58.3 Å². The van der Waals surface area contributed by atoms with Gasteiger partial charge in [0.2, 0.25) is 5.91 Å². The van der Waals surface area contributed by atoms with Crippen molar-refractivity contribution >= 4 is 28.7 Å². The molecule has 0 saturated carbocycles. The lowest BCUT2D eigenvalue weighted by atomic mass is 10.1. The van der Waals surface area contributed by atoms with E-state index in [1.807, 2.05) is 25.7 Å². The average Bonchev–Trinajstić information content (AvgIpc) is 2.96. The number of hydrogen-bond donors (Lipinski definition) is 0. The van der Waals surface area contributed by atoms with Crippen LogP contribution in [0.1, 0.15) is 38.8 Å². The lowest BCUT2D eigenvalue weighted by molar-refractivity contribution is -0.129. The molecular weight excluding hydrogens is 338 g/mol. The van der Waals surface area contributed by atoms with Gasteiger partial charge in [-0.3, -0.25) is 18.8 Å². The third-order valence-corrected chi connectivity index (χ3v) is 5.59. The molecule has 2 aromatic rings. The van der Waals surface area contributed by atoms with Crippen molar-refractivity contribution < 1.29 is 4.79 Å². The molecule has 0 aromatic carbocycles. The fraction of sp³-hybridized carbons (Fsp3) is 0.647. The van der Waals surface area contributed by atoms with Gasteiger partial charge in [0.1, 0.15) is 5.52 Å². The van der Waals surface area contributed by atoms with Gasteiger partial charge in [-0.1, -0.05) is 11.8 Å². The van der Waals surface area contributed by atoms with Gasteiger partial charge in [-0.05, 0) is 40.0 Å². The Balaban J connectivity index is 1.89. The third-order valence-electron chi connectivity index (χ3n) is 4.63. The zero-order valence-corrected chi connectivity index (χ0v) is 15.9. The summed E-state index contributed by atoms with van der Waals surface area (Å²) >= 11 is 1.35. The van der Waals surface area contributed by atoms with E-state index in [0.717, 1.165) is 31.6 Å². The number of amides is 1. The van der Waals surface area contributed by atoms with Crippen LogP contribution >= 0.6 is 11.8 Å². The van der Waals surface area contributed by atoms with Gasteiger partial charge in [-0.25, -0.2) is 4.98 Å². The van der Waals surface area contributed by atoms with E-state index in [2.05, 4.69) is 10.1 Å². The van der Waals surface area contributed by atoms with Gasteiger partial charge in [-0.2, -0.15) is 5.10 Å². The summed E-state index contributed by atoms with van der Waals surface area (Å²) in [6, 6.07) is 0. The molecule has 0 aliphatic carbocycles. The summed E-state index contributed by atoms with van der Waals surface area (Å²) in [6.07, 6.45) is 3.36. The number of carbonyl (C=O) groups is 1. The highest BCUT2D eigenvalue weighted by Gasteiger charge is 2.20. The van der Waals surface area contributed by atoms with E-state index in [1.165, 1.54) is 18.2 Å². The topological polar surface area (TPSA) is 73.0 Å². The van der Waals surface area contributed by atoms with E-state index < -0.39 is 0 Å². The second-order valence-electron chi connectivity index (χ2n) is 6.27. The van der Waals surface area contributed by atoms with Crippen molar-refractivity contribution in [1.82, 2.24) is 24.2 Å².